The minimum atomic E-state index is -3.63. The van der Waals surface area contributed by atoms with E-state index in [4.69, 9.17) is 11.6 Å². The normalized spacial score (nSPS) is 16.9. The van der Waals surface area contributed by atoms with Crippen LogP contribution in [0.15, 0.2) is 53.4 Å². The summed E-state index contributed by atoms with van der Waals surface area (Å²) in [5, 5.41) is 3.19. The lowest BCUT2D eigenvalue weighted by molar-refractivity contribution is -0.122. The smallest absolute Gasteiger partial charge is 0.243 e. The maximum atomic E-state index is 12.7. The van der Waals surface area contributed by atoms with Gasteiger partial charge in [0.2, 0.25) is 21.8 Å². The molecule has 3 rings (SSSR count). The number of carbonyl (C=O) groups excluding carboxylic acids is 2. The van der Waals surface area contributed by atoms with Crippen molar-refractivity contribution in [2.75, 3.05) is 29.9 Å². The minimum Gasteiger partial charge on any atom is -0.326 e. The first-order chi connectivity index (χ1) is 14.3. The van der Waals surface area contributed by atoms with E-state index < -0.39 is 15.9 Å². The summed E-state index contributed by atoms with van der Waals surface area (Å²) >= 11 is 6.18. The first-order valence-corrected chi connectivity index (χ1v) is 11.6. The molecule has 1 atom stereocenters. The summed E-state index contributed by atoms with van der Waals surface area (Å²) in [5.41, 5.74) is 0.948. The second-order valence-corrected chi connectivity index (χ2v) is 9.31. The fourth-order valence-corrected chi connectivity index (χ4v) is 5.22. The molecule has 0 saturated carbocycles. The molecule has 1 saturated heterocycles. The summed E-state index contributed by atoms with van der Waals surface area (Å²) in [6, 6.07) is 13.1. The van der Waals surface area contributed by atoms with Gasteiger partial charge in [-0.15, -0.1) is 0 Å². The number of benzene rings is 2. The molecule has 1 unspecified atom stereocenters. The lowest BCUT2D eigenvalue weighted by atomic mass is 10.1. The van der Waals surface area contributed by atoms with Gasteiger partial charge in [-0.25, -0.2) is 8.42 Å². The zero-order valence-electron chi connectivity index (χ0n) is 16.8. The van der Waals surface area contributed by atoms with Crippen molar-refractivity contribution in [1.82, 2.24) is 4.31 Å². The van der Waals surface area contributed by atoms with Crippen LogP contribution in [0, 0.1) is 5.92 Å². The predicted molar refractivity (Wildman–Crippen MR) is 117 cm³/mol. The van der Waals surface area contributed by atoms with Gasteiger partial charge in [-0.2, -0.15) is 4.31 Å². The first kappa shape index (κ1) is 22.3. The van der Waals surface area contributed by atoms with Crippen molar-refractivity contribution >= 4 is 44.8 Å². The molecule has 1 N–H and O–H groups in total. The van der Waals surface area contributed by atoms with Gasteiger partial charge >= 0.3 is 0 Å². The number of carbonyl (C=O) groups is 2. The topological polar surface area (TPSA) is 86.8 Å². The Morgan fingerprint density at radius 3 is 2.53 bits per heavy atom. The van der Waals surface area contributed by atoms with Crippen molar-refractivity contribution in [3.63, 3.8) is 0 Å². The first-order valence-electron chi connectivity index (χ1n) is 9.73. The summed E-state index contributed by atoms with van der Waals surface area (Å²) < 4.78 is 26.8. The fraction of sp³-hybridized carbons (Fsp3) is 0.333. The Balaban J connectivity index is 1.74. The lowest BCUT2D eigenvalue weighted by Gasteiger charge is -2.19. The highest BCUT2D eigenvalue weighted by molar-refractivity contribution is 7.89. The third kappa shape index (κ3) is 4.50. The van der Waals surface area contributed by atoms with Crippen LogP contribution < -0.4 is 10.2 Å². The van der Waals surface area contributed by atoms with Crippen LogP contribution in [0.25, 0.3) is 0 Å². The van der Waals surface area contributed by atoms with E-state index in [2.05, 4.69) is 5.32 Å². The molecule has 9 heteroatoms. The highest BCUT2D eigenvalue weighted by Gasteiger charge is 2.36. The van der Waals surface area contributed by atoms with E-state index in [-0.39, 0.29) is 29.7 Å². The van der Waals surface area contributed by atoms with Crippen molar-refractivity contribution in [3.05, 3.63) is 53.6 Å². The van der Waals surface area contributed by atoms with Crippen LogP contribution in [-0.4, -0.2) is 44.2 Å². The molecule has 1 aliphatic heterocycles. The van der Waals surface area contributed by atoms with E-state index in [1.54, 1.807) is 50.2 Å². The van der Waals surface area contributed by atoms with Gasteiger partial charge in [-0.3, -0.25) is 9.59 Å². The Morgan fingerprint density at radius 1 is 1.17 bits per heavy atom. The van der Waals surface area contributed by atoms with Gasteiger partial charge in [-0.1, -0.05) is 43.6 Å². The van der Waals surface area contributed by atoms with Crippen molar-refractivity contribution < 1.29 is 18.0 Å². The zero-order chi connectivity index (χ0) is 21.9. The quantitative estimate of drug-likeness (QED) is 0.702. The molecule has 160 valence electrons. The summed E-state index contributed by atoms with van der Waals surface area (Å²) in [4.78, 5) is 26.8. The third-order valence-electron chi connectivity index (χ3n) is 5.08. The Kier molecular flexibility index (Phi) is 6.80. The van der Waals surface area contributed by atoms with Gasteiger partial charge in [0.25, 0.3) is 0 Å². The van der Waals surface area contributed by atoms with Crippen molar-refractivity contribution in [2.24, 2.45) is 5.92 Å². The molecule has 0 bridgehead atoms. The molecule has 1 aliphatic rings. The molecule has 2 aromatic rings. The molecule has 0 radical (unpaired) electrons. The molecule has 0 spiro atoms. The van der Waals surface area contributed by atoms with Gasteiger partial charge < -0.3 is 10.2 Å². The molecular weight excluding hydrogens is 426 g/mol. The maximum absolute atomic E-state index is 12.7. The average molecular weight is 450 g/mol. The van der Waals surface area contributed by atoms with Crippen molar-refractivity contribution in [2.45, 2.75) is 25.2 Å². The molecule has 1 fully saturated rings. The van der Waals surface area contributed by atoms with Crippen molar-refractivity contribution in [1.29, 1.82) is 0 Å². The largest absolute Gasteiger partial charge is 0.326 e. The fourth-order valence-electron chi connectivity index (χ4n) is 3.48. The number of nitrogens with zero attached hydrogens (tertiary/aromatic N) is 2. The molecule has 2 aromatic carbocycles. The monoisotopic (exact) mass is 449 g/mol. The van der Waals surface area contributed by atoms with Crippen LogP contribution in [0.1, 0.15) is 20.3 Å². The third-order valence-corrected chi connectivity index (χ3v) is 7.45. The van der Waals surface area contributed by atoms with Crippen LogP contribution in [0.4, 0.5) is 11.4 Å². The molecule has 0 aliphatic carbocycles. The highest BCUT2D eigenvalue weighted by Crippen LogP contribution is 2.31. The van der Waals surface area contributed by atoms with E-state index in [1.165, 1.54) is 21.3 Å². The number of para-hydroxylation sites is 1. The van der Waals surface area contributed by atoms with Crippen LogP contribution in [0.2, 0.25) is 5.02 Å². The number of rotatable bonds is 7. The van der Waals surface area contributed by atoms with Crippen LogP contribution >= 0.6 is 11.6 Å². The van der Waals surface area contributed by atoms with E-state index in [9.17, 15) is 18.0 Å². The number of sulfonamides is 1. The number of halogens is 1. The molecule has 7 nitrogen and oxygen atoms in total. The Morgan fingerprint density at radius 2 is 1.87 bits per heavy atom. The molecule has 30 heavy (non-hydrogen) atoms. The number of anilines is 2. The van der Waals surface area contributed by atoms with E-state index in [0.717, 1.165) is 0 Å². The van der Waals surface area contributed by atoms with E-state index in [1.807, 2.05) is 0 Å². The zero-order valence-corrected chi connectivity index (χ0v) is 18.4. The number of nitrogens with one attached hydrogen (secondary N) is 1. The van der Waals surface area contributed by atoms with Crippen molar-refractivity contribution in [3.8, 4) is 0 Å². The minimum absolute atomic E-state index is 0.0640. The SMILES string of the molecule is CCN(CC)S(=O)(=O)c1cccc(NC(=O)C2CC(=O)N(c3ccccc3Cl)C2)c1. The molecule has 0 aromatic heterocycles. The lowest BCUT2D eigenvalue weighted by Crippen LogP contribution is -2.31. The molecule has 2 amide bonds. The molecular formula is C21H24ClN3O4S. The average Bonchev–Trinajstić information content (AvgIpc) is 3.11. The number of hydrogen-bond acceptors (Lipinski definition) is 4. The summed E-state index contributed by atoms with van der Waals surface area (Å²) in [6.07, 6.45) is 0.0640. The summed E-state index contributed by atoms with van der Waals surface area (Å²) in [5.74, 6) is -1.08. The Bertz CT molecular complexity index is 1050. The van der Waals surface area contributed by atoms with E-state index in [0.29, 0.717) is 29.5 Å². The van der Waals surface area contributed by atoms with Gasteiger partial charge in [0.05, 0.1) is 21.5 Å². The van der Waals surface area contributed by atoms with Crippen LogP contribution in [0.5, 0.6) is 0 Å². The Hall–Kier alpha value is -2.42. The van der Waals surface area contributed by atoms with Gasteiger partial charge in [0.1, 0.15) is 0 Å². The van der Waals surface area contributed by atoms with Gasteiger partial charge in [0, 0.05) is 31.7 Å². The van der Waals surface area contributed by atoms with E-state index >= 15 is 0 Å². The highest BCUT2D eigenvalue weighted by atomic mass is 35.5. The summed E-state index contributed by atoms with van der Waals surface area (Å²) in [6.45, 7) is 4.48. The second-order valence-electron chi connectivity index (χ2n) is 6.96. The second kappa shape index (κ2) is 9.16. The maximum Gasteiger partial charge on any atom is 0.243 e. The standard InChI is InChI=1S/C21H24ClN3O4S/c1-3-24(4-2)30(28,29)17-9-7-8-16(13-17)23-21(27)15-12-20(26)25(14-15)19-11-6-5-10-18(19)22/h5-11,13,15H,3-4,12,14H2,1-2H3,(H,23,27). The molecule has 1 heterocycles. The number of amides is 2. The van der Waals surface area contributed by atoms with Gasteiger partial charge in [0.15, 0.2) is 0 Å². The Labute approximate surface area is 181 Å². The summed E-state index contributed by atoms with van der Waals surface area (Å²) in [7, 11) is -3.63. The van der Waals surface area contributed by atoms with Crippen LogP contribution in [-0.2, 0) is 19.6 Å². The van der Waals surface area contributed by atoms with Crippen LogP contribution in [0.3, 0.4) is 0 Å². The predicted octanol–water partition coefficient (Wildman–Crippen LogP) is 3.36. The number of hydrogen-bond donors (Lipinski definition) is 1. The van der Waals surface area contributed by atoms with Gasteiger partial charge in [-0.05, 0) is 30.3 Å².